The fourth-order valence-corrected chi connectivity index (χ4v) is 6.07. The third-order valence-electron chi connectivity index (χ3n) is 8.81. The van der Waals surface area contributed by atoms with Crippen LogP contribution in [-0.2, 0) is 9.53 Å². The smallest absolute Gasteiger partial charge is 0.343 e. The fourth-order valence-electron chi connectivity index (χ4n) is 6.07. The van der Waals surface area contributed by atoms with E-state index in [2.05, 4.69) is 26.0 Å². The van der Waals surface area contributed by atoms with Crippen LogP contribution in [0, 0.1) is 5.92 Å². The summed E-state index contributed by atoms with van der Waals surface area (Å²) in [6, 6.07) is 15.3. The van der Waals surface area contributed by atoms with Crippen LogP contribution in [0.3, 0.4) is 0 Å². The van der Waals surface area contributed by atoms with Gasteiger partial charge in [0.25, 0.3) is 0 Å². The lowest BCUT2D eigenvalue weighted by molar-refractivity contribution is -0.148. The van der Waals surface area contributed by atoms with E-state index in [1.54, 1.807) is 12.1 Å². The van der Waals surface area contributed by atoms with Crippen molar-refractivity contribution in [2.75, 3.05) is 6.61 Å². The number of ether oxygens (including phenoxy) is 3. The number of esters is 2. The van der Waals surface area contributed by atoms with Gasteiger partial charge in [0.2, 0.25) is 0 Å². The first-order chi connectivity index (χ1) is 21.0. The average molecular weight is 593 g/mol. The summed E-state index contributed by atoms with van der Waals surface area (Å²) in [5.41, 5.74) is 1.87. The number of benzene rings is 2. The summed E-state index contributed by atoms with van der Waals surface area (Å²) in [7, 11) is 0. The Bertz CT molecular complexity index is 1040. The van der Waals surface area contributed by atoms with Crippen LogP contribution in [0.5, 0.6) is 11.5 Å². The molecule has 0 bridgehead atoms. The summed E-state index contributed by atoms with van der Waals surface area (Å²) in [5.74, 6) is 2.45. The van der Waals surface area contributed by atoms with Gasteiger partial charge in [0.15, 0.2) is 0 Å². The minimum Gasteiger partial charge on any atom is -0.494 e. The summed E-state index contributed by atoms with van der Waals surface area (Å²) < 4.78 is 17.0. The van der Waals surface area contributed by atoms with E-state index in [1.165, 1.54) is 56.9 Å². The van der Waals surface area contributed by atoms with E-state index in [1.807, 2.05) is 31.2 Å². The van der Waals surface area contributed by atoms with Crippen LogP contribution in [0.15, 0.2) is 48.5 Å². The van der Waals surface area contributed by atoms with E-state index in [0.29, 0.717) is 30.3 Å². The predicted octanol–water partition coefficient (Wildman–Crippen LogP) is 10.6. The molecule has 3 rings (SSSR count). The zero-order valence-electron chi connectivity index (χ0n) is 27.1. The second kappa shape index (κ2) is 20.2. The quantitative estimate of drug-likeness (QED) is 0.0869. The van der Waals surface area contributed by atoms with E-state index in [-0.39, 0.29) is 18.0 Å². The summed E-state index contributed by atoms with van der Waals surface area (Å²) in [6.45, 7) is 7.03. The molecule has 0 aliphatic heterocycles. The average Bonchev–Trinajstić information content (AvgIpc) is 3.02. The fraction of sp³-hybridized carbons (Fsp3) is 0.632. The topological polar surface area (TPSA) is 61.8 Å². The largest absolute Gasteiger partial charge is 0.494 e. The van der Waals surface area contributed by atoms with Gasteiger partial charge in [-0.2, -0.15) is 0 Å². The van der Waals surface area contributed by atoms with Gasteiger partial charge in [-0.25, -0.2) is 4.79 Å². The molecule has 2 aromatic carbocycles. The molecule has 0 N–H and O–H groups in total. The number of carbonyl (C=O) groups excluding carboxylic acids is 2. The van der Waals surface area contributed by atoms with Gasteiger partial charge in [0.1, 0.15) is 11.5 Å². The lowest BCUT2D eigenvalue weighted by Gasteiger charge is -2.29. The Kier molecular flexibility index (Phi) is 16.3. The molecule has 238 valence electrons. The van der Waals surface area contributed by atoms with Crippen molar-refractivity contribution >= 4 is 11.9 Å². The molecular formula is C38H56O5. The van der Waals surface area contributed by atoms with Gasteiger partial charge in [0.05, 0.1) is 18.3 Å². The molecule has 1 unspecified atom stereocenters. The molecule has 0 radical (unpaired) electrons. The Morgan fingerprint density at radius 2 is 1.40 bits per heavy atom. The number of carbonyl (C=O) groups is 2. The van der Waals surface area contributed by atoms with Crippen molar-refractivity contribution in [1.82, 2.24) is 0 Å². The van der Waals surface area contributed by atoms with E-state index in [0.717, 1.165) is 63.0 Å². The van der Waals surface area contributed by atoms with Crippen molar-refractivity contribution in [2.24, 2.45) is 5.92 Å². The first-order valence-electron chi connectivity index (χ1n) is 17.2. The molecular weight excluding hydrogens is 536 g/mol. The maximum Gasteiger partial charge on any atom is 0.343 e. The molecule has 1 atom stereocenters. The van der Waals surface area contributed by atoms with Crippen LogP contribution < -0.4 is 9.47 Å². The van der Waals surface area contributed by atoms with Crippen LogP contribution in [0.1, 0.15) is 152 Å². The van der Waals surface area contributed by atoms with Crippen LogP contribution in [0.2, 0.25) is 0 Å². The zero-order valence-corrected chi connectivity index (χ0v) is 27.1. The molecule has 43 heavy (non-hydrogen) atoms. The van der Waals surface area contributed by atoms with E-state index < -0.39 is 0 Å². The zero-order chi connectivity index (χ0) is 30.7. The third kappa shape index (κ3) is 13.6. The van der Waals surface area contributed by atoms with Crippen molar-refractivity contribution in [3.05, 3.63) is 59.7 Å². The van der Waals surface area contributed by atoms with Crippen molar-refractivity contribution < 1.29 is 23.8 Å². The molecule has 5 nitrogen and oxygen atoms in total. The van der Waals surface area contributed by atoms with Crippen molar-refractivity contribution in [1.29, 1.82) is 0 Å². The first kappa shape index (κ1) is 34.7. The molecule has 5 heteroatoms. The number of hydrogen-bond donors (Lipinski definition) is 0. The monoisotopic (exact) mass is 592 g/mol. The summed E-state index contributed by atoms with van der Waals surface area (Å²) in [5, 5.41) is 0. The minimum atomic E-state index is -0.354. The summed E-state index contributed by atoms with van der Waals surface area (Å²) in [6.07, 6.45) is 19.3. The summed E-state index contributed by atoms with van der Waals surface area (Å²) in [4.78, 5) is 24.5. The summed E-state index contributed by atoms with van der Waals surface area (Å²) >= 11 is 0. The van der Waals surface area contributed by atoms with Crippen LogP contribution >= 0.6 is 0 Å². The van der Waals surface area contributed by atoms with Crippen LogP contribution in [-0.4, -0.2) is 24.6 Å². The molecule has 0 heterocycles. The number of hydrogen-bond acceptors (Lipinski definition) is 5. The lowest BCUT2D eigenvalue weighted by Crippen LogP contribution is -2.14. The number of unbranched alkanes of at least 4 members (excludes halogenated alkanes) is 7. The molecule has 0 spiro atoms. The van der Waals surface area contributed by atoms with Gasteiger partial charge < -0.3 is 14.2 Å². The second-order valence-electron chi connectivity index (χ2n) is 12.5. The van der Waals surface area contributed by atoms with Crippen molar-refractivity contribution in [3.63, 3.8) is 0 Å². The Balaban J connectivity index is 1.27. The maximum atomic E-state index is 12.7. The Morgan fingerprint density at radius 1 is 0.744 bits per heavy atom. The standard InChI is InChI=1S/C38H56O5/c1-4-6-10-15-31-17-19-32(20-18-31)33-21-27-36(28-22-33)43-38(40)34-23-25-35(26-24-34)41-29-13-9-8-12-14-30(3)42-37(39)16-11-7-5-2/h21-28,30-32H,4-20,29H2,1-3H3. The van der Waals surface area contributed by atoms with Gasteiger partial charge in [-0.3, -0.25) is 4.79 Å². The van der Waals surface area contributed by atoms with Crippen molar-refractivity contribution in [3.8, 4) is 11.5 Å². The van der Waals surface area contributed by atoms with Crippen molar-refractivity contribution in [2.45, 2.75) is 142 Å². The Hall–Kier alpha value is -2.82. The highest BCUT2D eigenvalue weighted by atomic mass is 16.5. The Morgan fingerprint density at radius 3 is 2.09 bits per heavy atom. The van der Waals surface area contributed by atoms with Crippen LogP contribution in [0.25, 0.3) is 0 Å². The molecule has 1 aliphatic carbocycles. The highest BCUT2D eigenvalue weighted by Gasteiger charge is 2.22. The van der Waals surface area contributed by atoms with Gasteiger partial charge in [-0.15, -0.1) is 0 Å². The minimum absolute atomic E-state index is 0.00956. The number of rotatable bonds is 20. The Labute approximate surface area is 261 Å². The first-order valence-corrected chi connectivity index (χ1v) is 17.2. The van der Waals surface area contributed by atoms with Crippen LogP contribution in [0.4, 0.5) is 0 Å². The molecule has 1 fully saturated rings. The predicted molar refractivity (Wildman–Crippen MR) is 175 cm³/mol. The van der Waals surface area contributed by atoms with E-state index in [9.17, 15) is 9.59 Å². The van der Waals surface area contributed by atoms with E-state index >= 15 is 0 Å². The normalized spacial score (nSPS) is 17.3. The molecule has 2 aromatic rings. The highest BCUT2D eigenvalue weighted by Crippen LogP contribution is 2.38. The molecule has 0 saturated heterocycles. The van der Waals surface area contributed by atoms with Gasteiger partial charge >= 0.3 is 11.9 Å². The third-order valence-corrected chi connectivity index (χ3v) is 8.81. The molecule has 0 aromatic heterocycles. The van der Waals surface area contributed by atoms with Gasteiger partial charge in [-0.1, -0.05) is 77.3 Å². The molecule has 1 saturated carbocycles. The highest BCUT2D eigenvalue weighted by molar-refractivity contribution is 5.91. The lowest BCUT2D eigenvalue weighted by atomic mass is 9.77. The maximum absolute atomic E-state index is 12.7. The van der Waals surface area contributed by atoms with Gasteiger partial charge in [0, 0.05) is 6.42 Å². The SMILES string of the molecule is CCCCCC(=O)OC(C)CCCCCCOc1ccc(C(=O)Oc2ccc(C3CCC(CCCCC)CC3)cc2)cc1. The van der Waals surface area contributed by atoms with Gasteiger partial charge in [-0.05, 0) is 112 Å². The van der Waals surface area contributed by atoms with E-state index in [4.69, 9.17) is 14.2 Å². The molecule has 0 amide bonds. The molecule has 1 aliphatic rings. The second-order valence-corrected chi connectivity index (χ2v) is 12.5.